The molecule has 0 aromatic carbocycles. The summed E-state index contributed by atoms with van der Waals surface area (Å²) in [4.78, 5) is 11.5. The van der Waals surface area contributed by atoms with Crippen molar-refractivity contribution in [1.29, 1.82) is 0 Å². The van der Waals surface area contributed by atoms with Crippen molar-refractivity contribution < 1.29 is 9.47 Å². The number of aliphatic imine (C=N–C) groups is 1. The van der Waals surface area contributed by atoms with Gasteiger partial charge in [-0.1, -0.05) is 13.8 Å². The van der Waals surface area contributed by atoms with E-state index in [2.05, 4.69) is 41.3 Å². The molecule has 1 saturated carbocycles. The first-order chi connectivity index (χ1) is 14.1. The van der Waals surface area contributed by atoms with Crippen molar-refractivity contribution in [2.75, 3.05) is 45.9 Å². The molecule has 3 rings (SSSR count). The average Bonchev–Trinajstić information content (AvgIpc) is 3.53. The lowest BCUT2D eigenvalue weighted by molar-refractivity contribution is -0.0284. The van der Waals surface area contributed by atoms with Crippen molar-refractivity contribution >= 4 is 5.96 Å². The predicted molar refractivity (Wildman–Crippen MR) is 116 cm³/mol. The minimum Gasteiger partial charge on any atom is -0.477 e. The maximum atomic E-state index is 5.94. The van der Waals surface area contributed by atoms with Gasteiger partial charge in [0.1, 0.15) is 0 Å². The summed E-state index contributed by atoms with van der Waals surface area (Å²) < 4.78 is 11.7. The third-order valence-electron chi connectivity index (χ3n) is 5.07. The smallest absolute Gasteiger partial charge is 0.213 e. The molecule has 1 aromatic heterocycles. The van der Waals surface area contributed by atoms with Crippen molar-refractivity contribution in [2.24, 2.45) is 16.8 Å². The number of aromatic nitrogens is 1. The zero-order chi connectivity index (χ0) is 20.5. The van der Waals surface area contributed by atoms with Gasteiger partial charge in [0.25, 0.3) is 0 Å². The van der Waals surface area contributed by atoms with Crippen molar-refractivity contribution in [3.63, 3.8) is 0 Å². The minimum atomic E-state index is 0.190. The fraction of sp³-hybridized carbons (Fsp3) is 0.727. The van der Waals surface area contributed by atoms with Crippen LogP contribution in [0.25, 0.3) is 0 Å². The van der Waals surface area contributed by atoms with Gasteiger partial charge in [0.05, 0.1) is 25.9 Å². The lowest BCUT2D eigenvalue weighted by Crippen LogP contribution is -2.50. The summed E-state index contributed by atoms with van der Waals surface area (Å²) in [5.41, 5.74) is 1.10. The molecule has 1 aliphatic carbocycles. The summed E-state index contributed by atoms with van der Waals surface area (Å²) in [6, 6.07) is 3.98. The second-order valence-electron chi connectivity index (χ2n) is 8.48. The van der Waals surface area contributed by atoms with Gasteiger partial charge >= 0.3 is 0 Å². The number of nitrogens with one attached hydrogen (secondary N) is 2. The highest BCUT2D eigenvalue weighted by Gasteiger charge is 2.22. The normalized spacial score (nSPS) is 20.7. The zero-order valence-corrected chi connectivity index (χ0v) is 18.2. The summed E-state index contributed by atoms with van der Waals surface area (Å²) in [6.45, 7) is 13.5. The molecule has 0 bridgehead atoms. The van der Waals surface area contributed by atoms with Gasteiger partial charge < -0.3 is 20.1 Å². The molecular formula is C22H37N5O2. The van der Waals surface area contributed by atoms with Gasteiger partial charge in [0.2, 0.25) is 5.88 Å². The molecule has 1 saturated heterocycles. The molecule has 162 valence electrons. The van der Waals surface area contributed by atoms with Gasteiger partial charge in [0.15, 0.2) is 5.96 Å². The van der Waals surface area contributed by atoms with Crippen molar-refractivity contribution in [3.8, 4) is 5.88 Å². The molecule has 2 heterocycles. The van der Waals surface area contributed by atoms with E-state index in [-0.39, 0.29) is 6.10 Å². The largest absolute Gasteiger partial charge is 0.477 e. The van der Waals surface area contributed by atoms with Crippen LogP contribution in [0.4, 0.5) is 0 Å². The molecule has 1 aliphatic heterocycles. The number of guanidine groups is 1. The van der Waals surface area contributed by atoms with E-state index in [1.807, 2.05) is 12.1 Å². The van der Waals surface area contributed by atoms with Crippen LogP contribution in [-0.4, -0.2) is 67.9 Å². The van der Waals surface area contributed by atoms with Crippen LogP contribution in [0.3, 0.4) is 0 Å². The van der Waals surface area contributed by atoms with Gasteiger partial charge in [-0.2, -0.15) is 0 Å². The Morgan fingerprint density at radius 1 is 1.38 bits per heavy atom. The Hall–Kier alpha value is -1.86. The Bertz CT molecular complexity index is 648. The molecule has 2 aliphatic rings. The molecule has 0 amide bonds. The van der Waals surface area contributed by atoms with E-state index in [0.717, 1.165) is 63.4 Å². The summed E-state index contributed by atoms with van der Waals surface area (Å²) in [6.07, 6.45) is 4.55. The first-order valence-electron chi connectivity index (χ1n) is 11.1. The highest BCUT2D eigenvalue weighted by Crippen LogP contribution is 2.29. The molecule has 2 fully saturated rings. The molecule has 7 nitrogen and oxygen atoms in total. The van der Waals surface area contributed by atoms with Gasteiger partial charge in [0, 0.05) is 45.0 Å². The third kappa shape index (κ3) is 8.19. The lowest BCUT2D eigenvalue weighted by atomic mass is 10.2. The third-order valence-corrected chi connectivity index (χ3v) is 5.07. The number of rotatable bonds is 10. The molecule has 1 aromatic rings. The maximum absolute atomic E-state index is 5.94. The van der Waals surface area contributed by atoms with E-state index in [1.54, 1.807) is 6.20 Å². The number of pyridine rings is 1. The van der Waals surface area contributed by atoms with Crippen molar-refractivity contribution in [3.05, 3.63) is 23.9 Å². The predicted octanol–water partition coefficient (Wildman–Crippen LogP) is 2.28. The summed E-state index contributed by atoms with van der Waals surface area (Å²) >= 11 is 0. The Kier molecular flexibility index (Phi) is 8.55. The van der Waals surface area contributed by atoms with E-state index in [9.17, 15) is 0 Å². The highest BCUT2D eigenvalue weighted by molar-refractivity contribution is 5.79. The second kappa shape index (κ2) is 11.4. The summed E-state index contributed by atoms with van der Waals surface area (Å²) in [7, 11) is 0. The van der Waals surface area contributed by atoms with Gasteiger partial charge in [-0.3, -0.25) is 4.90 Å². The summed E-state index contributed by atoms with van der Waals surface area (Å²) in [5.74, 6) is 2.92. The Morgan fingerprint density at radius 2 is 2.24 bits per heavy atom. The number of hydrogen-bond donors (Lipinski definition) is 2. The molecule has 0 spiro atoms. The molecule has 0 radical (unpaired) electrons. The van der Waals surface area contributed by atoms with Crippen LogP contribution in [0, 0.1) is 11.8 Å². The standard InChI is InChI=1S/C22H37N5O2/c1-4-23-22(26-13-20-15-27(9-10-28-20)14-17(2)3)25-12-19-7-8-24-21(11-19)29-16-18-5-6-18/h7-8,11,17-18,20H,4-6,9-10,12-16H2,1-3H3,(H2,23,25,26). The molecule has 2 N–H and O–H groups in total. The van der Waals surface area contributed by atoms with Gasteiger partial charge in [-0.25, -0.2) is 9.98 Å². The van der Waals surface area contributed by atoms with Crippen LogP contribution in [0.2, 0.25) is 0 Å². The van der Waals surface area contributed by atoms with E-state index in [4.69, 9.17) is 14.5 Å². The molecular weight excluding hydrogens is 366 g/mol. The van der Waals surface area contributed by atoms with Crippen LogP contribution in [0.15, 0.2) is 23.3 Å². The fourth-order valence-electron chi connectivity index (χ4n) is 3.42. The number of nitrogens with zero attached hydrogens (tertiary/aromatic N) is 3. The quantitative estimate of drug-likeness (QED) is 0.461. The fourth-order valence-corrected chi connectivity index (χ4v) is 3.42. The number of ether oxygens (including phenoxy) is 2. The van der Waals surface area contributed by atoms with Crippen LogP contribution in [0.1, 0.15) is 39.2 Å². The van der Waals surface area contributed by atoms with E-state index in [1.165, 1.54) is 12.8 Å². The van der Waals surface area contributed by atoms with E-state index in [0.29, 0.717) is 18.3 Å². The average molecular weight is 404 g/mol. The van der Waals surface area contributed by atoms with Crippen molar-refractivity contribution in [1.82, 2.24) is 20.5 Å². The Balaban J connectivity index is 1.48. The maximum Gasteiger partial charge on any atom is 0.213 e. The van der Waals surface area contributed by atoms with Gasteiger partial charge in [-0.15, -0.1) is 0 Å². The lowest BCUT2D eigenvalue weighted by Gasteiger charge is -2.34. The zero-order valence-electron chi connectivity index (χ0n) is 18.2. The van der Waals surface area contributed by atoms with Crippen LogP contribution >= 0.6 is 0 Å². The monoisotopic (exact) mass is 403 g/mol. The number of morpholine rings is 1. The Morgan fingerprint density at radius 3 is 3.00 bits per heavy atom. The molecule has 1 unspecified atom stereocenters. The minimum absolute atomic E-state index is 0.190. The van der Waals surface area contributed by atoms with Gasteiger partial charge in [-0.05, 0) is 43.2 Å². The molecule has 7 heteroatoms. The van der Waals surface area contributed by atoms with E-state index >= 15 is 0 Å². The van der Waals surface area contributed by atoms with E-state index < -0.39 is 0 Å². The first kappa shape index (κ1) is 21.8. The van der Waals surface area contributed by atoms with Crippen molar-refractivity contribution in [2.45, 2.75) is 46.3 Å². The molecule has 1 atom stereocenters. The first-order valence-corrected chi connectivity index (χ1v) is 11.1. The second-order valence-corrected chi connectivity index (χ2v) is 8.48. The molecule has 29 heavy (non-hydrogen) atoms. The topological polar surface area (TPSA) is 71.0 Å². The SMILES string of the molecule is CCNC(=NCc1ccnc(OCC2CC2)c1)NCC1CN(CC(C)C)CCO1. The highest BCUT2D eigenvalue weighted by atomic mass is 16.5. The summed E-state index contributed by atoms with van der Waals surface area (Å²) in [5, 5.41) is 6.76. The van der Waals surface area contributed by atoms with Crippen LogP contribution < -0.4 is 15.4 Å². The van der Waals surface area contributed by atoms with Crippen LogP contribution in [-0.2, 0) is 11.3 Å². The van der Waals surface area contributed by atoms with Crippen LogP contribution in [0.5, 0.6) is 5.88 Å². The number of hydrogen-bond acceptors (Lipinski definition) is 5. The Labute approximate surface area is 175 Å².